The van der Waals surface area contributed by atoms with E-state index < -0.39 is 16.1 Å². The molecule has 0 unspecified atom stereocenters. The highest BCUT2D eigenvalue weighted by molar-refractivity contribution is 7.89. The van der Waals surface area contributed by atoms with Crippen LogP contribution in [-0.2, 0) is 10.0 Å². The minimum Gasteiger partial charge on any atom is -0.465 e. The first-order valence-corrected chi connectivity index (χ1v) is 8.83. The van der Waals surface area contributed by atoms with Crippen molar-refractivity contribution in [2.24, 2.45) is 0 Å². The van der Waals surface area contributed by atoms with Gasteiger partial charge in [-0.3, -0.25) is 4.90 Å². The van der Waals surface area contributed by atoms with Gasteiger partial charge in [0.15, 0.2) is 0 Å². The molecule has 0 heterocycles. The molecule has 1 saturated carbocycles. The molecule has 0 spiro atoms. The zero-order valence-corrected chi connectivity index (χ0v) is 13.7. The van der Waals surface area contributed by atoms with Crippen molar-refractivity contribution >= 4 is 21.8 Å². The van der Waals surface area contributed by atoms with Crippen molar-refractivity contribution < 1.29 is 18.3 Å². The summed E-state index contributed by atoms with van der Waals surface area (Å²) >= 11 is 0. The molecule has 0 saturated heterocycles. The van der Waals surface area contributed by atoms with E-state index in [1.807, 2.05) is 0 Å². The minimum absolute atomic E-state index is 0.0254. The van der Waals surface area contributed by atoms with Crippen LogP contribution in [0.3, 0.4) is 0 Å². The summed E-state index contributed by atoms with van der Waals surface area (Å²) in [5.74, 6) is 0. The standard InChI is InChI=1S/C15H22N2O4S/c1-16(2)22(20,21)14-10-8-13(9-11-14)17(15(18)19)12-6-4-3-5-7-12/h8-12H,3-7H2,1-2H3,(H,18,19). The van der Waals surface area contributed by atoms with E-state index in [9.17, 15) is 18.3 Å². The maximum atomic E-state index is 12.0. The molecule has 22 heavy (non-hydrogen) atoms. The topological polar surface area (TPSA) is 77.9 Å². The van der Waals surface area contributed by atoms with Crippen molar-refractivity contribution in [1.82, 2.24) is 4.31 Å². The van der Waals surface area contributed by atoms with E-state index in [0.717, 1.165) is 36.4 Å². The summed E-state index contributed by atoms with van der Waals surface area (Å²) in [6.07, 6.45) is 3.91. The third-order valence-corrected chi connectivity index (χ3v) is 5.87. The van der Waals surface area contributed by atoms with E-state index in [1.165, 1.54) is 31.1 Å². The second kappa shape index (κ2) is 6.66. The molecule has 1 N–H and O–H groups in total. The molecule has 0 atom stereocenters. The summed E-state index contributed by atoms with van der Waals surface area (Å²) in [4.78, 5) is 13.1. The van der Waals surface area contributed by atoms with Crippen LogP contribution in [0, 0.1) is 0 Å². The Bertz CT molecular complexity index is 619. The smallest absolute Gasteiger partial charge is 0.412 e. The van der Waals surface area contributed by atoms with E-state index in [1.54, 1.807) is 12.1 Å². The Balaban J connectivity index is 2.28. The van der Waals surface area contributed by atoms with Crippen LogP contribution in [0.1, 0.15) is 32.1 Å². The Kier molecular flexibility index (Phi) is 5.08. The maximum Gasteiger partial charge on any atom is 0.412 e. The summed E-state index contributed by atoms with van der Waals surface area (Å²) in [5, 5.41) is 9.50. The number of nitrogens with zero attached hydrogens (tertiary/aromatic N) is 2. The van der Waals surface area contributed by atoms with Crippen LogP contribution in [0.2, 0.25) is 0 Å². The summed E-state index contributed by atoms with van der Waals surface area (Å²) in [7, 11) is -0.563. The lowest BCUT2D eigenvalue weighted by atomic mass is 9.94. The van der Waals surface area contributed by atoms with Gasteiger partial charge in [-0.2, -0.15) is 0 Å². The zero-order chi connectivity index (χ0) is 16.3. The quantitative estimate of drug-likeness (QED) is 0.923. The second-order valence-electron chi connectivity index (χ2n) is 5.73. The van der Waals surface area contributed by atoms with Crippen LogP contribution in [0.25, 0.3) is 0 Å². The fourth-order valence-electron chi connectivity index (χ4n) is 2.81. The molecule has 1 aromatic rings. The molecular weight excluding hydrogens is 304 g/mol. The second-order valence-corrected chi connectivity index (χ2v) is 7.88. The highest BCUT2D eigenvalue weighted by Crippen LogP contribution is 2.28. The number of carboxylic acid groups (broad SMARTS) is 1. The number of hydrogen-bond acceptors (Lipinski definition) is 3. The number of sulfonamides is 1. The summed E-state index contributed by atoms with van der Waals surface area (Å²) < 4.78 is 25.2. The molecule has 1 aliphatic carbocycles. The van der Waals surface area contributed by atoms with Gasteiger partial charge in [-0.05, 0) is 37.1 Å². The van der Waals surface area contributed by atoms with Gasteiger partial charge in [-0.1, -0.05) is 19.3 Å². The molecule has 122 valence electrons. The Hall–Kier alpha value is -1.60. The highest BCUT2D eigenvalue weighted by atomic mass is 32.2. The van der Waals surface area contributed by atoms with Crippen molar-refractivity contribution in [3.05, 3.63) is 24.3 Å². The van der Waals surface area contributed by atoms with Gasteiger partial charge in [0.1, 0.15) is 0 Å². The SMILES string of the molecule is CN(C)S(=O)(=O)c1ccc(N(C(=O)O)C2CCCCC2)cc1. The van der Waals surface area contributed by atoms with Crippen molar-refractivity contribution in [2.45, 2.75) is 43.0 Å². The molecule has 0 aliphatic heterocycles. The monoisotopic (exact) mass is 326 g/mol. The average molecular weight is 326 g/mol. The molecule has 0 bridgehead atoms. The molecule has 0 radical (unpaired) electrons. The fraction of sp³-hybridized carbons (Fsp3) is 0.533. The molecule has 2 rings (SSSR count). The van der Waals surface area contributed by atoms with E-state index in [4.69, 9.17) is 0 Å². The van der Waals surface area contributed by atoms with Crippen LogP contribution in [0.4, 0.5) is 10.5 Å². The van der Waals surface area contributed by atoms with E-state index in [0.29, 0.717) is 5.69 Å². The van der Waals surface area contributed by atoms with Crippen LogP contribution in [0.15, 0.2) is 29.2 Å². The third-order valence-electron chi connectivity index (χ3n) is 4.04. The first-order valence-electron chi connectivity index (χ1n) is 7.39. The van der Waals surface area contributed by atoms with E-state index in [-0.39, 0.29) is 10.9 Å². The lowest BCUT2D eigenvalue weighted by Crippen LogP contribution is -2.40. The van der Waals surface area contributed by atoms with Gasteiger partial charge in [-0.15, -0.1) is 0 Å². The lowest BCUT2D eigenvalue weighted by Gasteiger charge is -2.32. The minimum atomic E-state index is -3.50. The van der Waals surface area contributed by atoms with Crippen molar-refractivity contribution in [3.63, 3.8) is 0 Å². The molecule has 6 nitrogen and oxygen atoms in total. The molecule has 1 fully saturated rings. The Morgan fingerprint density at radius 1 is 1.09 bits per heavy atom. The van der Waals surface area contributed by atoms with Crippen molar-refractivity contribution in [3.8, 4) is 0 Å². The molecule has 1 aromatic carbocycles. The molecule has 1 amide bonds. The Morgan fingerprint density at radius 2 is 1.64 bits per heavy atom. The first kappa shape index (κ1) is 16.8. The van der Waals surface area contributed by atoms with Gasteiger partial charge >= 0.3 is 6.09 Å². The predicted molar refractivity (Wildman–Crippen MR) is 84.7 cm³/mol. The van der Waals surface area contributed by atoms with Gasteiger partial charge in [0.05, 0.1) is 4.90 Å². The molecular formula is C15H22N2O4S. The van der Waals surface area contributed by atoms with Gasteiger partial charge in [0.25, 0.3) is 0 Å². The predicted octanol–water partition coefficient (Wildman–Crippen LogP) is 2.75. The number of benzene rings is 1. The fourth-order valence-corrected chi connectivity index (χ4v) is 3.71. The van der Waals surface area contributed by atoms with Crippen LogP contribution in [0.5, 0.6) is 0 Å². The number of anilines is 1. The summed E-state index contributed by atoms with van der Waals surface area (Å²) in [5.41, 5.74) is 0.525. The van der Waals surface area contributed by atoms with E-state index in [2.05, 4.69) is 0 Å². The zero-order valence-electron chi connectivity index (χ0n) is 12.9. The third kappa shape index (κ3) is 3.41. The summed E-state index contributed by atoms with van der Waals surface area (Å²) in [6.45, 7) is 0. The highest BCUT2D eigenvalue weighted by Gasteiger charge is 2.27. The van der Waals surface area contributed by atoms with Gasteiger partial charge < -0.3 is 5.11 Å². The van der Waals surface area contributed by atoms with Gasteiger partial charge in [-0.25, -0.2) is 17.5 Å². The van der Waals surface area contributed by atoms with E-state index >= 15 is 0 Å². The van der Waals surface area contributed by atoms with Gasteiger partial charge in [0, 0.05) is 25.8 Å². The number of hydrogen-bond donors (Lipinski definition) is 1. The van der Waals surface area contributed by atoms with Crippen LogP contribution >= 0.6 is 0 Å². The number of rotatable bonds is 4. The van der Waals surface area contributed by atoms with Crippen molar-refractivity contribution in [2.75, 3.05) is 19.0 Å². The largest absolute Gasteiger partial charge is 0.465 e. The lowest BCUT2D eigenvalue weighted by molar-refractivity contribution is 0.196. The van der Waals surface area contributed by atoms with Crippen molar-refractivity contribution in [1.29, 1.82) is 0 Å². The first-order chi connectivity index (χ1) is 10.3. The molecule has 0 aromatic heterocycles. The summed E-state index contributed by atoms with van der Waals surface area (Å²) in [6, 6.07) is 6.04. The maximum absolute atomic E-state index is 12.0. The number of carbonyl (C=O) groups is 1. The average Bonchev–Trinajstić information content (AvgIpc) is 2.48. The Labute approximate surface area is 131 Å². The molecule has 7 heteroatoms. The normalized spacial score (nSPS) is 16.7. The van der Waals surface area contributed by atoms with Crippen LogP contribution in [-0.4, -0.2) is 44.1 Å². The number of amides is 1. The Morgan fingerprint density at radius 3 is 2.09 bits per heavy atom. The molecule has 1 aliphatic rings. The van der Waals surface area contributed by atoms with Gasteiger partial charge in [0.2, 0.25) is 10.0 Å². The van der Waals surface area contributed by atoms with Crippen LogP contribution < -0.4 is 4.90 Å².